The summed E-state index contributed by atoms with van der Waals surface area (Å²) in [6, 6.07) is 13.6. The minimum Gasteiger partial charge on any atom is -0.355 e. The SMILES string of the molecule is CNC(=O)c1ccc(/C=C/C(=O)Nc2cccc(C(=O)N(C)C)c2)cc1. The van der Waals surface area contributed by atoms with E-state index in [2.05, 4.69) is 10.6 Å². The predicted octanol–water partition coefficient (Wildman–Crippen LogP) is 2.40. The van der Waals surface area contributed by atoms with Gasteiger partial charge in [0.1, 0.15) is 0 Å². The lowest BCUT2D eigenvalue weighted by molar-refractivity contribution is -0.111. The summed E-state index contributed by atoms with van der Waals surface area (Å²) in [5.41, 5.74) is 2.39. The first-order valence-corrected chi connectivity index (χ1v) is 8.03. The van der Waals surface area contributed by atoms with Gasteiger partial charge in [0.2, 0.25) is 5.91 Å². The maximum atomic E-state index is 12.1. The number of benzene rings is 2. The smallest absolute Gasteiger partial charge is 0.253 e. The van der Waals surface area contributed by atoms with Gasteiger partial charge in [0.05, 0.1) is 0 Å². The minimum atomic E-state index is -0.310. The molecule has 26 heavy (non-hydrogen) atoms. The summed E-state index contributed by atoms with van der Waals surface area (Å²) >= 11 is 0. The van der Waals surface area contributed by atoms with Gasteiger partial charge in [-0.2, -0.15) is 0 Å². The number of carbonyl (C=O) groups excluding carboxylic acids is 3. The van der Waals surface area contributed by atoms with Crippen molar-refractivity contribution < 1.29 is 14.4 Å². The van der Waals surface area contributed by atoms with E-state index in [0.29, 0.717) is 16.8 Å². The molecule has 2 rings (SSSR count). The third-order valence-electron chi connectivity index (χ3n) is 3.61. The van der Waals surface area contributed by atoms with Gasteiger partial charge in [-0.1, -0.05) is 18.2 Å². The van der Waals surface area contributed by atoms with E-state index in [-0.39, 0.29) is 17.7 Å². The van der Waals surface area contributed by atoms with Gasteiger partial charge in [0.25, 0.3) is 11.8 Å². The van der Waals surface area contributed by atoms with Crippen LogP contribution >= 0.6 is 0 Å². The second-order valence-electron chi connectivity index (χ2n) is 5.80. The van der Waals surface area contributed by atoms with Gasteiger partial charge in [-0.05, 0) is 42.0 Å². The van der Waals surface area contributed by atoms with Crippen molar-refractivity contribution in [1.29, 1.82) is 0 Å². The first-order chi connectivity index (χ1) is 12.4. The molecule has 0 aromatic heterocycles. The van der Waals surface area contributed by atoms with Crippen molar-refractivity contribution in [2.45, 2.75) is 0 Å². The average molecular weight is 351 g/mol. The molecule has 6 heteroatoms. The average Bonchev–Trinajstić information content (AvgIpc) is 2.65. The van der Waals surface area contributed by atoms with E-state index < -0.39 is 0 Å². The van der Waals surface area contributed by atoms with Crippen LogP contribution in [0, 0.1) is 0 Å². The molecule has 0 aliphatic heterocycles. The van der Waals surface area contributed by atoms with Crippen molar-refractivity contribution in [3.8, 4) is 0 Å². The predicted molar refractivity (Wildman–Crippen MR) is 102 cm³/mol. The Kier molecular flexibility index (Phi) is 6.27. The van der Waals surface area contributed by atoms with E-state index in [4.69, 9.17) is 0 Å². The Balaban J connectivity index is 2.02. The largest absolute Gasteiger partial charge is 0.355 e. The zero-order valence-electron chi connectivity index (χ0n) is 14.9. The Hall–Kier alpha value is -3.41. The van der Waals surface area contributed by atoms with Crippen LogP contribution in [-0.2, 0) is 4.79 Å². The summed E-state index contributed by atoms with van der Waals surface area (Å²) in [5.74, 6) is -0.604. The topological polar surface area (TPSA) is 78.5 Å². The maximum Gasteiger partial charge on any atom is 0.253 e. The standard InChI is InChI=1S/C20H21N3O3/c1-21-19(25)15-10-7-14(8-11-15)9-12-18(24)22-17-6-4-5-16(13-17)20(26)23(2)3/h4-13H,1-3H3,(H,21,25)(H,22,24)/b12-9+. The monoisotopic (exact) mass is 351 g/mol. The Labute approximate surface area is 152 Å². The maximum absolute atomic E-state index is 12.1. The molecule has 6 nitrogen and oxygen atoms in total. The molecule has 0 atom stereocenters. The fourth-order valence-electron chi connectivity index (χ4n) is 2.23. The normalized spacial score (nSPS) is 10.4. The van der Waals surface area contributed by atoms with Crippen LogP contribution in [0.25, 0.3) is 6.08 Å². The molecule has 2 N–H and O–H groups in total. The van der Waals surface area contributed by atoms with Crippen LogP contribution in [0.15, 0.2) is 54.6 Å². The highest BCUT2D eigenvalue weighted by molar-refractivity contribution is 6.03. The van der Waals surface area contributed by atoms with Crippen molar-refractivity contribution in [3.63, 3.8) is 0 Å². The highest BCUT2D eigenvalue weighted by Gasteiger charge is 2.08. The molecule has 0 radical (unpaired) electrons. The molecule has 0 saturated carbocycles. The number of nitrogens with zero attached hydrogens (tertiary/aromatic N) is 1. The molecule has 3 amide bonds. The minimum absolute atomic E-state index is 0.132. The van der Waals surface area contributed by atoms with Gasteiger partial charge in [-0.15, -0.1) is 0 Å². The molecular formula is C20H21N3O3. The van der Waals surface area contributed by atoms with Crippen LogP contribution in [-0.4, -0.2) is 43.8 Å². The molecular weight excluding hydrogens is 330 g/mol. The van der Waals surface area contributed by atoms with E-state index in [0.717, 1.165) is 5.56 Å². The van der Waals surface area contributed by atoms with Crippen molar-refractivity contribution in [2.24, 2.45) is 0 Å². The van der Waals surface area contributed by atoms with Crippen LogP contribution in [0.2, 0.25) is 0 Å². The number of hydrogen-bond donors (Lipinski definition) is 2. The molecule has 0 saturated heterocycles. The number of anilines is 1. The Bertz CT molecular complexity index is 840. The zero-order chi connectivity index (χ0) is 19.1. The number of hydrogen-bond acceptors (Lipinski definition) is 3. The molecule has 0 fully saturated rings. The van der Waals surface area contributed by atoms with Crippen LogP contribution < -0.4 is 10.6 Å². The summed E-state index contributed by atoms with van der Waals surface area (Å²) < 4.78 is 0. The fraction of sp³-hybridized carbons (Fsp3) is 0.150. The molecule has 134 valence electrons. The van der Waals surface area contributed by atoms with E-state index >= 15 is 0 Å². The van der Waals surface area contributed by atoms with Gasteiger partial charge in [-0.25, -0.2) is 0 Å². The molecule has 2 aromatic carbocycles. The lowest BCUT2D eigenvalue weighted by atomic mass is 10.1. The molecule has 0 bridgehead atoms. The lowest BCUT2D eigenvalue weighted by Crippen LogP contribution is -2.21. The van der Waals surface area contributed by atoms with Crippen LogP contribution in [0.5, 0.6) is 0 Å². The third kappa shape index (κ3) is 5.04. The zero-order valence-corrected chi connectivity index (χ0v) is 14.9. The number of nitrogens with one attached hydrogen (secondary N) is 2. The molecule has 0 aliphatic carbocycles. The van der Waals surface area contributed by atoms with Gasteiger partial charge >= 0.3 is 0 Å². The second-order valence-corrected chi connectivity index (χ2v) is 5.80. The number of amides is 3. The van der Waals surface area contributed by atoms with Crippen molar-refractivity contribution in [3.05, 3.63) is 71.3 Å². The molecule has 0 aliphatic rings. The number of carbonyl (C=O) groups is 3. The Morgan fingerprint density at radius 3 is 2.27 bits per heavy atom. The van der Waals surface area contributed by atoms with Gasteiger partial charge in [0, 0.05) is 44.0 Å². The molecule has 0 heterocycles. The van der Waals surface area contributed by atoms with E-state index in [1.807, 2.05) is 0 Å². The van der Waals surface area contributed by atoms with Gasteiger partial charge in [-0.3, -0.25) is 14.4 Å². The van der Waals surface area contributed by atoms with Crippen LogP contribution in [0.3, 0.4) is 0 Å². The summed E-state index contributed by atoms with van der Waals surface area (Å²) in [5, 5.41) is 5.27. The van der Waals surface area contributed by atoms with Gasteiger partial charge < -0.3 is 15.5 Å². The Morgan fingerprint density at radius 2 is 1.65 bits per heavy atom. The van der Waals surface area contributed by atoms with Crippen LogP contribution in [0.1, 0.15) is 26.3 Å². The summed E-state index contributed by atoms with van der Waals surface area (Å²) in [4.78, 5) is 37.0. The quantitative estimate of drug-likeness (QED) is 0.812. The molecule has 0 spiro atoms. The summed E-state index contributed by atoms with van der Waals surface area (Å²) in [7, 11) is 4.92. The van der Waals surface area contributed by atoms with Gasteiger partial charge in [0.15, 0.2) is 0 Å². The first kappa shape index (κ1) is 18.9. The highest BCUT2D eigenvalue weighted by Crippen LogP contribution is 2.12. The molecule has 0 unspecified atom stereocenters. The highest BCUT2D eigenvalue weighted by atomic mass is 16.2. The fourth-order valence-corrected chi connectivity index (χ4v) is 2.23. The lowest BCUT2D eigenvalue weighted by Gasteiger charge is -2.11. The van der Waals surface area contributed by atoms with Crippen molar-refractivity contribution >= 4 is 29.5 Å². The Morgan fingerprint density at radius 1 is 0.962 bits per heavy atom. The summed E-state index contributed by atoms with van der Waals surface area (Å²) in [6.07, 6.45) is 3.05. The summed E-state index contributed by atoms with van der Waals surface area (Å²) in [6.45, 7) is 0. The van der Waals surface area contributed by atoms with Crippen LogP contribution in [0.4, 0.5) is 5.69 Å². The van der Waals surface area contributed by atoms with Crippen molar-refractivity contribution in [1.82, 2.24) is 10.2 Å². The second kappa shape index (κ2) is 8.62. The van der Waals surface area contributed by atoms with E-state index in [9.17, 15) is 14.4 Å². The third-order valence-corrected chi connectivity index (χ3v) is 3.61. The van der Waals surface area contributed by atoms with E-state index in [1.54, 1.807) is 75.7 Å². The first-order valence-electron chi connectivity index (χ1n) is 8.03. The van der Waals surface area contributed by atoms with Crippen molar-refractivity contribution in [2.75, 3.05) is 26.5 Å². The molecule has 2 aromatic rings. The van der Waals surface area contributed by atoms with E-state index in [1.165, 1.54) is 11.0 Å². The number of rotatable bonds is 5.